The molecule has 15 heavy (non-hydrogen) atoms. The summed E-state index contributed by atoms with van der Waals surface area (Å²) in [6.45, 7) is 1.75. The van der Waals surface area contributed by atoms with E-state index in [0.29, 0.717) is 0 Å². The van der Waals surface area contributed by atoms with Crippen LogP contribution in [0.3, 0.4) is 0 Å². The molecule has 5 heteroatoms. The zero-order chi connectivity index (χ0) is 10.9. The standard InChI is InChI=1S/C10H12ClNO2S/c11-15(13,14)10-4-2-1-3-9(10)8-5-6-12-7-8/h1-4,8,12H,5-7H2. The second kappa shape index (κ2) is 4.12. The van der Waals surface area contributed by atoms with Gasteiger partial charge in [-0.25, -0.2) is 8.42 Å². The second-order valence-corrected chi connectivity index (χ2v) is 6.20. The molecule has 1 N–H and O–H groups in total. The highest BCUT2D eigenvalue weighted by molar-refractivity contribution is 8.13. The quantitative estimate of drug-likeness (QED) is 0.807. The van der Waals surface area contributed by atoms with Gasteiger partial charge in [0.1, 0.15) is 0 Å². The fraction of sp³-hybridized carbons (Fsp3) is 0.400. The number of rotatable bonds is 2. The van der Waals surface area contributed by atoms with E-state index in [0.717, 1.165) is 25.1 Å². The topological polar surface area (TPSA) is 46.2 Å². The predicted molar refractivity (Wildman–Crippen MR) is 59.7 cm³/mol. The summed E-state index contributed by atoms with van der Waals surface area (Å²) in [6, 6.07) is 6.95. The Labute approximate surface area is 93.9 Å². The smallest absolute Gasteiger partial charge is 0.261 e. The van der Waals surface area contributed by atoms with Crippen molar-refractivity contribution in [3.8, 4) is 0 Å². The van der Waals surface area contributed by atoms with E-state index in [4.69, 9.17) is 10.7 Å². The fourth-order valence-electron chi connectivity index (χ4n) is 1.96. The Bertz CT molecular complexity index is 452. The number of benzene rings is 1. The Kier molecular flexibility index (Phi) is 3.00. The van der Waals surface area contributed by atoms with Crippen molar-refractivity contribution < 1.29 is 8.42 Å². The molecule has 0 spiro atoms. The largest absolute Gasteiger partial charge is 0.316 e. The van der Waals surface area contributed by atoms with Crippen LogP contribution in [0.4, 0.5) is 0 Å². The molecule has 1 saturated heterocycles. The highest BCUT2D eigenvalue weighted by atomic mass is 35.7. The van der Waals surface area contributed by atoms with E-state index in [-0.39, 0.29) is 10.8 Å². The summed E-state index contributed by atoms with van der Waals surface area (Å²) in [5, 5.41) is 3.21. The average Bonchev–Trinajstić information content (AvgIpc) is 2.69. The zero-order valence-corrected chi connectivity index (χ0v) is 9.68. The highest BCUT2D eigenvalue weighted by Gasteiger charge is 2.23. The minimum absolute atomic E-state index is 0.250. The van der Waals surface area contributed by atoms with Crippen LogP contribution in [0.1, 0.15) is 17.9 Å². The summed E-state index contributed by atoms with van der Waals surface area (Å²) in [5.41, 5.74) is 0.831. The first-order valence-corrected chi connectivity index (χ1v) is 7.14. The van der Waals surface area contributed by atoms with Crippen molar-refractivity contribution in [1.82, 2.24) is 5.32 Å². The monoisotopic (exact) mass is 245 g/mol. The third-order valence-corrected chi connectivity index (χ3v) is 4.08. The molecule has 1 aromatic rings. The van der Waals surface area contributed by atoms with Gasteiger partial charge < -0.3 is 5.32 Å². The SMILES string of the molecule is O=S(=O)(Cl)c1ccccc1C1CCNC1. The lowest BCUT2D eigenvalue weighted by atomic mass is 9.99. The minimum atomic E-state index is -3.63. The Balaban J connectivity index is 2.46. The van der Waals surface area contributed by atoms with Crippen LogP contribution < -0.4 is 5.32 Å². The maximum atomic E-state index is 11.4. The van der Waals surface area contributed by atoms with Crippen molar-refractivity contribution in [1.29, 1.82) is 0 Å². The van der Waals surface area contributed by atoms with Gasteiger partial charge in [0, 0.05) is 17.2 Å². The van der Waals surface area contributed by atoms with E-state index in [9.17, 15) is 8.42 Å². The molecule has 1 aliphatic rings. The van der Waals surface area contributed by atoms with E-state index >= 15 is 0 Å². The first-order valence-electron chi connectivity index (χ1n) is 4.83. The Morgan fingerprint density at radius 1 is 1.33 bits per heavy atom. The van der Waals surface area contributed by atoms with Crippen molar-refractivity contribution in [2.45, 2.75) is 17.2 Å². The molecule has 82 valence electrons. The molecular formula is C10H12ClNO2S. The summed E-state index contributed by atoms with van der Waals surface area (Å²) in [4.78, 5) is 0.250. The first-order chi connectivity index (χ1) is 7.09. The van der Waals surface area contributed by atoms with Crippen LogP contribution in [-0.4, -0.2) is 21.5 Å². The Hall–Kier alpha value is -0.580. The average molecular weight is 246 g/mol. The molecule has 0 saturated carbocycles. The molecule has 1 aliphatic heterocycles. The Morgan fingerprint density at radius 3 is 2.67 bits per heavy atom. The molecular weight excluding hydrogens is 234 g/mol. The van der Waals surface area contributed by atoms with E-state index in [2.05, 4.69) is 5.32 Å². The van der Waals surface area contributed by atoms with E-state index in [1.165, 1.54) is 0 Å². The molecule has 1 heterocycles. The number of hydrogen-bond donors (Lipinski definition) is 1. The van der Waals surface area contributed by atoms with Crippen LogP contribution in [0.25, 0.3) is 0 Å². The lowest BCUT2D eigenvalue weighted by Crippen LogP contribution is -2.10. The molecule has 1 atom stereocenters. The molecule has 1 aromatic carbocycles. The summed E-state index contributed by atoms with van der Waals surface area (Å²) in [7, 11) is 1.77. The van der Waals surface area contributed by atoms with Gasteiger partial charge >= 0.3 is 0 Å². The van der Waals surface area contributed by atoms with Gasteiger partial charge in [-0.3, -0.25) is 0 Å². The van der Waals surface area contributed by atoms with Gasteiger partial charge in [-0.2, -0.15) is 0 Å². The lowest BCUT2D eigenvalue weighted by Gasteiger charge is -2.12. The second-order valence-electron chi connectivity index (χ2n) is 3.67. The van der Waals surface area contributed by atoms with E-state index in [1.807, 2.05) is 12.1 Å². The van der Waals surface area contributed by atoms with Gasteiger partial charge in [-0.1, -0.05) is 18.2 Å². The van der Waals surface area contributed by atoms with Gasteiger partial charge in [-0.05, 0) is 30.5 Å². The van der Waals surface area contributed by atoms with Gasteiger partial charge in [0.2, 0.25) is 0 Å². The summed E-state index contributed by atoms with van der Waals surface area (Å²) < 4.78 is 22.7. The van der Waals surface area contributed by atoms with Crippen molar-refractivity contribution in [3.05, 3.63) is 29.8 Å². The lowest BCUT2D eigenvalue weighted by molar-refractivity contribution is 0.606. The molecule has 1 fully saturated rings. The molecule has 2 rings (SSSR count). The molecule has 0 aromatic heterocycles. The van der Waals surface area contributed by atoms with Crippen LogP contribution in [0.5, 0.6) is 0 Å². The van der Waals surface area contributed by atoms with Crippen LogP contribution in [0.15, 0.2) is 29.2 Å². The van der Waals surface area contributed by atoms with Crippen molar-refractivity contribution in [2.24, 2.45) is 0 Å². The number of halogens is 1. The van der Waals surface area contributed by atoms with Gasteiger partial charge in [0.15, 0.2) is 0 Å². The van der Waals surface area contributed by atoms with Gasteiger partial charge in [-0.15, -0.1) is 0 Å². The Morgan fingerprint density at radius 2 is 2.07 bits per heavy atom. The molecule has 0 radical (unpaired) electrons. The van der Waals surface area contributed by atoms with E-state index in [1.54, 1.807) is 12.1 Å². The summed E-state index contributed by atoms with van der Waals surface area (Å²) in [6.07, 6.45) is 0.962. The van der Waals surface area contributed by atoms with Crippen molar-refractivity contribution in [3.63, 3.8) is 0 Å². The van der Waals surface area contributed by atoms with Crippen molar-refractivity contribution in [2.75, 3.05) is 13.1 Å². The zero-order valence-electron chi connectivity index (χ0n) is 8.11. The normalized spacial score (nSPS) is 21.8. The molecule has 0 amide bonds. The maximum absolute atomic E-state index is 11.4. The van der Waals surface area contributed by atoms with Crippen LogP contribution in [0, 0.1) is 0 Å². The van der Waals surface area contributed by atoms with Gasteiger partial charge in [0.25, 0.3) is 9.05 Å². The van der Waals surface area contributed by atoms with E-state index < -0.39 is 9.05 Å². The highest BCUT2D eigenvalue weighted by Crippen LogP contribution is 2.29. The predicted octanol–water partition coefficient (Wildman–Crippen LogP) is 1.69. The third kappa shape index (κ3) is 2.33. The molecule has 0 bridgehead atoms. The fourth-order valence-corrected chi connectivity index (χ4v) is 3.14. The number of hydrogen-bond acceptors (Lipinski definition) is 3. The van der Waals surface area contributed by atoms with Gasteiger partial charge in [0.05, 0.1) is 4.90 Å². The molecule has 3 nitrogen and oxygen atoms in total. The molecule has 0 aliphatic carbocycles. The third-order valence-electron chi connectivity index (χ3n) is 2.68. The van der Waals surface area contributed by atoms with Crippen molar-refractivity contribution >= 4 is 19.7 Å². The summed E-state index contributed by atoms with van der Waals surface area (Å²) in [5.74, 6) is 0.259. The maximum Gasteiger partial charge on any atom is 0.261 e. The van der Waals surface area contributed by atoms with Crippen LogP contribution in [-0.2, 0) is 9.05 Å². The number of nitrogens with one attached hydrogen (secondary N) is 1. The first kappa shape index (κ1) is 10.9. The minimum Gasteiger partial charge on any atom is -0.316 e. The molecule has 1 unspecified atom stereocenters. The summed E-state index contributed by atoms with van der Waals surface area (Å²) >= 11 is 0. The van der Waals surface area contributed by atoms with Crippen LogP contribution >= 0.6 is 10.7 Å². The van der Waals surface area contributed by atoms with Crippen LogP contribution in [0.2, 0.25) is 0 Å².